The minimum Gasteiger partial charge on any atom is -0.354 e. The largest absolute Gasteiger partial charge is 0.354 e. The number of anilines is 1. The number of hydrogen-bond acceptors (Lipinski definition) is 3. The number of rotatable bonds is 5. The van der Waals surface area contributed by atoms with Gasteiger partial charge in [-0.3, -0.25) is 4.79 Å². The molecule has 2 aliphatic rings. The number of hydrogen-bond donors (Lipinski definition) is 0. The van der Waals surface area contributed by atoms with Crippen molar-refractivity contribution in [2.45, 2.75) is 24.0 Å². The molecule has 5 heteroatoms. The minimum absolute atomic E-state index is 0.132. The van der Waals surface area contributed by atoms with Crippen molar-refractivity contribution in [3.63, 3.8) is 0 Å². The summed E-state index contributed by atoms with van der Waals surface area (Å²) in [5.74, 6) is 0.319. The Labute approximate surface area is 152 Å². The summed E-state index contributed by atoms with van der Waals surface area (Å²) < 4.78 is 10.6. The number of halogens is 1. The van der Waals surface area contributed by atoms with Crippen LogP contribution in [0.15, 0.2) is 48.5 Å². The summed E-state index contributed by atoms with van der Waals surface area (Å²) in [4.78, 5) is 15.2. The number of ether oxygens (including phenoxy) is 2. The normalized spacial score (nSPS) is 24.2. The van der Waals surface area contributed by atoms with Crippen molar-refractivity contribution in [2.75, 3.05) is 25.7 Å². The van der Waals surface area contributed by atoms with E-state index in [-0.39, 0.29) is 11.8 Å². The SMILES string of the molecule is COC(CN1C(=O)[C@@]2(C[C@H]2c2ccc(Cl)cc2)c2ccccc21)OC. The highest BCUT2D eigenvalue weighted by Crippen LogP contribution is 2.66. The fourth-order valence-electron chi connectivity index (χ4n) is 4.02. The van der Waals surface area contributed by atoms with Crippen LogP contribution < -0.4 is 4.90 Å². The van der Waals surface area contributed by atoms with Gasteiger partial charge in [-0.15, -0.1) is 0 Å². The molecular weight excluding hydrogens is 338 g/mol. The van der Waals surface area contributed by atoms with Crippen LogP contribution in [0, 0.1) is 0 Å². The third-order valence-corrected chi connectivity index (χ3v) is 5.64. The maximum absolute atomic E-state index is 13.4. The number of carbonyl (C=O) groups excluding carboxylic acids is 1. The molecule has 1 heterocycles. The summed E-state index contributed by atoms with van der Waals surface area (Å²) in [7, 11) is 3.17. The predicted octanol–water partition coefficient (Wildman–Crippen LogP) is 3.73. The average Bonchev–Trinajstić information content (AvgIpc) is 3.35. The number of carbonyl (C=O) groups is 1. The molecule has 2 aromatic rings. The Morgan fingerprint density at radius 1 is 1.16 bits per heavy atom. The average molecular weight is 358 g/mol. The summed E-state index contributed by atoms with van der Waals surface area (Å²) >= 11 is 6.01. The van der Waals surface area contributed by atoms with Crippen molar-refractivity contribution in [1.29, 1.82) is 0 Å². The van der Waals surface area contributed by atoms with Gasteiger partial charge >= 0.3 is 0 Å². The van der Waals surface area contributed by atoms with Gasteiger partial charge in [0.15, 0.2) is 6.29 Å². The Kier molecular flexibility index (Phi) is 4.07. The first-order valence-electron chi connectivity index (χ1n) is 8.34. The maximum atomic E-state index is 13.4. The molecule has 0 saturated heterocycles. The standard InChI is InChI=1S/C20H20ClNO3/c1-24-18(25-2)12-22-17-6-4-3-5-15(17)20(19(22)23)11-16(20)13-7-9-14(21)10-8-13/h3-10,16,18H,11-12H2,1-2H3/t16-,20-/m0/s1. The quantitative estimate of drug-likeness (QED) is 0.765. The van der Waals surface area contributed by atoms with Crippen LogP contribution in [-0.2, 0) is 19.7 Å². The summed E-state index contributed by atoms with van der Waals surface area (Å²) in [6.45, 7) is 0.387. The molecule has 1 spiro atoms. The van der Waals surface area contributed by atoms with Crippen LogP contribution in [0.2, 0.25) is 5.02 Å². The molecule has 0 aromatic heterocycles. The number of fused-ring (bicyclic) bond motifs is 2. The molecule has 0 bridgehead atoms. The Morgan fingerprint density at radius 3 is 2.52 bits per heavy atom. The number of nitrogens with zero attached hydrogens (tertiary/aromatic N) is 1. The lowest BCUT2D eigenvalue weighted by atomic mass is 9.92. The highest BCUT2D eigenvalue weighted by molar-refractivity contribution is 6.30. The lowest BCUT2D eigenvalue weighted by Gasteiger charge is -2.23. The van der Waals surface area contributed by atoms with E-state index in [4.69, 9.17) is 21.1 Å². The Morgan fingerprint density at radius 2 is 1.84 bits per heavy atom. The Bertz CT molecular complexity index is 803. The van der Waals surface area contributed by atoms with E-state index in [9.17, 15) is 4.79 Å². The highest BCUT2D eigenvalue weighted by atomic mass is 35.5. The van der Waals surface area contributed by atoms with Gasteiger partial charge in [0.25, 0.3) is 0 Å². The van der Waals surface area contributed by atoms with E-state index in [2.05, 4.69) is 6.07 Å². The molecule has 130 valence electrons. The zero-order valence-electron chi connectivity index (χ0n) is 14.2. The van der Waals surface area contributed by atoms with Gasteiger partial charge in [-0.25, -0.2) is 0 Å². The number of methoxy groups -OCH3 is 2. The first kappa shape index (κ1) is 16.6. The van der Waals surface area contributed by atoms with Gasteiger partial charge in [0.1, 0.15) is 0 Å². The van der Waals surface area contributed by atoms with Crippen LogP contribution in [0.5, 0.6) is 0 Å². The van der Waals surface area contributed by atoms with Gasteiger partial charge in [0.2, 0.25) is 5.91 Å². The van der Waals surface area contributed by atoms with Crippen molar-refractivity contribution in [1.82, 2.24) is 0 Å². The van der Waals surface area contributed by atoms with Gasteiger partial charge < -0.3 is 14.4 Å². The third kappa shape index (κ3) is 2.48. The molecule has 0 unspecified atom stereocenters. The van der Waals surface area contributed by atoms with Crippen molar-refractivity contribution < 1.29 is 14.3 Å². The van der Waals surface area contributed by atoms with E-state index in [0.717, 1.165) is 23.2 Å². The van der Waals surface area contributed by atoms with Gasteiger partial charge in [0, 0.05) is 30.8 Å². The highest BCUT2D eigenvalue weighted by Gasteiger charge is 2.67. The van der Waals surface area contributed by atoms with Crippen LogP contribution in [0.1, 0.15) is 23.5 Å². The van der Waals surface area contributed by atoms with Crippen molar-refractivity contribution in [2.24, 2.45) is 0 Å². The summed E-state index contributed by atoms with van der Waals surface area (Å²) in [5, 5.41) is 0.709. The number of amides is 1. The van der Waals surface area contributed by atoms with Crippen LogP contribution >= 0.6 is 11.6 Å². The van der Waals surface area contributed by atoms with Gasteiger partial charge in [-0.05, 0) is 35.7 Å². The zero-order chi connectivity index (χ0) is 17.6. The van der Waals surface area contributed by atoms with E-state index >= 15 is 0 Å². The fourth-order valence-corrected chi connectivity index (χ4v) is 4.15. The Balaban J connectivity index is 1.71. The Hall–Kier alpha value is -1.88. The van der Waals surface area contributed by atoms with Gasteiger partial charge in [0.05, 0.1) is 12.0 Å². The van der Waals surface area contributed by atoms with Crippen LogP contribution in [0.25, 0.3) is 0 Å². The predicted molar refractivity (Wildman–Crippen MR) is 97.1 cm³/mol. The first-order valence-corrected chi connectivity index (χ1v) is 8.72. The molecule has 1 fully saturated rings. The molecule has 0 N–H and O–H groups in total. The summed E-state index contributed by atoms with van der Waals surface area (Å²) in [6.07, 6.45) is 0.380. The second-order valence-electron chi connectivity index (χ2n) is 6.61. The number of benzene rings is 2. The minimum atomic E-state index is -0.462. The lowest BCUT2D eigenvalue weighted by molar-refractivity contribution is -0.124. The second-order valence-corrected chi connectivity index (χ2v) is 7.05. The molecule has 2 atom stereocenters. The van der Waals surface area contributed by atoms with E-state index in [1.54, 1.807) is 14.2 Å². The van der Waals surface area contributed by atoms with E-state index in [1.807, 2.05) is 47.4 Å². The molecule has 4 nitrogen and oxygen atoms in total. The van der Waals surface area contributed by atoms with E-state index in [1.165, 1.54) is 0 Å². The smallest absolute Gasteiger partial charge is 0.238 e. The molecule has 2 aromatic carbocycles. The van der Waals surface area contributed by atoms with Gasteiger partial charge in [-0.2, -0.15) is 0 Å². The molecule has 1 saturated carbocycles. The lowest BCUT2D eigenvalue weighted by Crippen LogP contribution is -2.39. The zero-order valence-corrected chi connectivity index (χ0v) is 15.0. The molecule has 1 aliphatic heterocycles. The molecule has 1 aliphatic carbocycles. The summed E-state index contributed by atoms with van der Waals surface area (Å²) in [5.41, 5.74) is 2.76. The second kappa shape index (κ2) is 6.13. The monoisotopic (exact) mass is 357 g/mol. The number of para-hydroxylation sites is 1. The van der Waals surface area contributed by atoms with Crippen LogP contribution in [0.3, 0.4) is 0 Å². The molecule has 25 heavy (non-hydrogen) atoms. The fraction of sp³-hybridized carbons (Fsp3) is 0.350. The van der Waals surface area contributed by atoms with Crippen molar-refractivity contribution in [3.05, 3.63) is 64.7 Å². The van der Waals surface area contributed by atoms with E-state index < -0.39 is 11.7 Å². The molecule has 1 amide bonds. The molecule has 0 radical (unpaired) electrons. The first-order chi connectivity index (χ1) is 12.1. The van der Waals surface area contributed by atoms with Crippen molar-refractivity contribution >= 4 is 23.2 Å². The van der Waals surface area contributed by atoms with Crippen LogP contribution in [-0.4, -0.2) is 33.0 Å². The molecule has 4 rings (SSSR count). The van der Waals surface area contributed by atoms with Crippen LogP contribution in [0.4, 0.5) is 5.69 Å². The summed E-state index contributed by atoms with van der Waals surface area (Å²) in [6, 6.07) is 15.8. The maximum Gasteiger partial charge on any atom is 0.238 e. The van der Waals surface area contributed by atoms with Gasteiger partial charge in [-0.1, -0.05) is 41.9 Å². The van der Waals surface area contributed by atoms with Crippen molar-refractivity contribution in [3.8, 4) is 0 Å². The third-order valence-electron chi connectivity index (χ3n) is 5.39. The molecular formula is C20H20ClNO3. The topological polar surface area (TPSA) is 38.8 Å². The van der Waals surface area contributed by atoms with E-state index in [0.29, 0.717) is 11.6 Å².